The highest BCUT2D eigenvalue weighted by Gasteiger charge is 2.33. The van der Waals surface area contributed by atoms with E-state index in [1.165, 1.54) is 15.9 Å². The lowest BCUT2D eigenvalue weighted by molar-refractivity contribution is -0.120. The monoisotopic (exact) mass is 517 g/mol. The lowest BCUT2D eigenvalue weighted by Gasteiger charge is -2.30. The molecule has 7 nitrogen and oxygen atoms in total. The first-order valence-corrected chi connectivity index (χ1v) is 14.9. The zero-order valence-electron chi connectivity index (χ0n) is 20.5. The van der Waals surface area contributed by atoms with Crippen molar-refractivity contribution in [3.05, 3.63) is 46.8 Å². The van der Waals surface area contributed by atoms with Crippen LogP contribution in [0.25, 0.3) is 0 Å². The van der Waals surface area contributed by atoms with Gasteiger partial charge in [-0.15, -0.1) is 11.3 Å². The first kappa shape index (κ1) is 25.9. The number of thiophene rings is 1. The van der Waals surface area contributed by atoms with Gasteiger partial charge >= 0.3 is 0 Å². The number of nitrogens with one attached hydrogen (secondary N) is 1. The van der Waals surface area contributed by atoms with Crippen LogP contribution >= 0.6 is 11.3 Å². The largest absolute Gasteiger partial charge is 0.339 e. The molecule has 2 aliphatic heterocycles. The molecule has 35 heavy (non-hydrogen) atoms. The molecule has 1 aromatic heterocycles. The second-order valence-corrected chi connectivity index (χ2v) is 12.9. The van der Waals surface area contributed by atoms with E-state index < -0.39 is 10.0 Å². The minimum atomic E-state index is -3.68. The SMILES string of the molecule is CC(C)c1ccc(NC(=O)C2CCN(S(=O)(=O)c3cc(C(=O)N4CCCCCC4)cs3)CC2)cc1. The van der Waals surface area contributed by atoms with Crippen molar-refractivity contribution < 1.29 is 18.0 Å². The van der Waals surface area contributed by atoms with Crippen LogP contribution < -0.4 is 5.32 Å². The van der Waals surface area contributed by atoms with Gasteiger partial charge in [-0.05, 0) is 55.4 Å². The summed E-state index contributed by atoms with van der Waals surface area (Å²) in [5.74, 6) is 0.0508. The molecule has 2 aromatic rings. The van der Waals surface area contributed by atoms with Crippen LogP contribution in [-0.4, -0.2) is 55.6 Å². The van der Waals surface area contributed by atoms with Crippen molar-refractivity contribution in [1.29, 1.82) is 0 Å². The lowest BCUT2D eigenvalue weighted by Crippen LogP contribution is -2.41. The second kappa shape index (κ2) is 11.2. The van der Waals surface area contributed by atoms with E-state index in [9.17, 15) is 18.0 Å². The molecule has 0 aliphatic carbocycles. The molecule has 4 rings (SSSR count). The maximum absolute atomic E-state index is 13.2. The molecule has 3 heterocycles. The average molecular weight is 518 g/mol. The summed E-state index contributed by atoms with van der Waals surface area (Å²) in [5.41, 5.74) is 2.43. The molecule has 2 amide bonds. The number of hydrogen-bond acceptors (Lipinski definition) is 5. The molecule has 2 aliphatic rings. The summed E-state index contributed by atoms with van der Waals surface area (Å²) in [5, 5.41) is 4.63. The minimum absolute atomic E-state index is 0.0687. The van der Waals surface area contributed by atoms with Crippen LogP contribution in [-0.2, 0) is 14.8 Å². The molecule has 190 valence electrons. The van der Waals surface area contributed by atoms with Crippen molar-refractivity contribution in [2.24, 2.45) is 5.92 Å². The van der Waals surface area contributed by atoms with Gasteiger partial charge in [-0.3, -0.25) is 9.59 Å². The Kier molecular flexibility index (Phi) is 8.29. The Morgan fingerprint density at radius 3 is 2.20 bits per heavy atom. The molecule has 0 saturated carbocycles. The minimum Gasteiger partial charge on any atom is -0.339 e. The van der Waals surface area contributed by atoms with Crippen LogP contribution in [0.15, 0.2) is 39.9 Å². The fraction of sp³-hybridized carbons (Fsp3) is 0.538. The smallest absolute Gasteiger partial charge is 0.254 e. The summed E-state index contributed by atoms with van der Waals surface area (Å²) in [7, 11) is -3.68. The van der Waals surface area contributed by atoms with Gasteiger partial charge in [0, 0.05) is 43.2 Å². The molecule has 0 radical (unpaired) electrons. The van der Waals surface area contributed by atoms with Crippen LogP contribution in [0.2, 0.25) is 0 Å². The van der Waals surface area contributed by atoms with Crippen molar-refractivity contribution in [1.82, 2.24) is 9.21 Å². The Balaban J connectivity index is 1.33. The number of carbonyl (C=O) groups excluding carboxylic acids is 2. The number of piperidine rings is 1. The fourth-order valence-electron chi connectivity index (χ4n) is 4.70. The van der Waals surface area contributed by atoms with Gasteiger partial charge in [0.1, 0.15) is 4.21 Å². The number of anilines is 1. The normalized spacial score (nSPS) is 18.4. The molecule has 1 N–H and O–H groups in total. The van der Waals surface area contributed by atoms with E-state index >= 15 is 0 Å². The molecular formula is C26H35N3O4S2. The van der Waals surface area contributed by atoms with Gasteiger partial charge in [0.2, 0.25) is 5.91 Å². The highest BCUT2D eigenvalue weighted by Crippen LogP contribution is 2.29. The Labute approximate surface area is 212 Å². The van der Waals surface area contributed by atoms with E-state index in [4.69, 9.17) is 0 Å². The quantitative estimate of drug-likeness (QED) is 0.589. The number of sulfonamides is 1. The summed E-state index contributed by atoms with van der Waals surface area (Å²) in [6.45, 7) is 6.29. The predicted molar refractivity (Wildman–Crippen MR) is 139 cm³/mol. The highest BCUT2D eigenvalue weighted by molar-refractivity contribution is 7.91. The number of benzene rings is 1. The number of likely N-dealkylation sites (tertiary alicyclic amines) is 1. The number of rotatable bonds is 6. The molecular weight excluding hydrogens is 482 g/mol. The van der Waals surface area contributed by atoms with Crippen molar-refractivity contribution in [3.63, 3.8) is 0 Å². The molecule has 9 heteroatoms. The van der Waals surface area contributed by atoms with E-state index in [0.29, 0.717) is 37.4 Å². The third-order valence-electron chi connectivity index (χ3n) is 6.98. The van der Waals surface area contributed by atoms with Gasteiger partial charge in [-0.2, -0.15) is 4.31 Å². The maximum atomic E-state index is 13.2. The zero-order chi connectivity index (χ0) is 25.0. The Morgan fingerprint density at radius 1 is 0.971 bits per heavy atom. The maximum Gasteiger partial charge on any atom is 0.254 e. The van der Waals surface area contributed by atoms with Crippen LogP contribution in [0.4, 0.5) is 5.69 Å². The third kappa shape index (κ3) is 6.13. The van der Waals surface area contributed by atoms with Gasteiger partial charge in [-0.25, -0.2) is 8.42 Å². The second-order valence-electron chi connectivity index (χ2n) is 9.81. The molecule has 2 fully saturated rings. The molecule has 0 unspecified atom stereocenters. The highest BCUT2D eigenvalue weighted by atomic mass is 32.2. The summed E-state index contributed by atoms with van der Waals surface area (Å²) in [4.78, 5) is 27.5. The van der Waals surface area contributed by atoms with E-state index in [2.05, 4.69) is 19.2 Å². The summed E-state index contributed by atoms with van der Waals surface area (Å²) >= 11 is 1.10. The van der Waals surface area contributed by atoms with E-state index in [1.54, 1.807) is 5.38 Å². The topological polar surface area (TPSA) is 86.8 Å². The molecule has 0 atom stereocenters. The molecule has 2 saturated heterocycles. The summed E-state index contributed by atoms with van der Waals surface area (Å²) in [6, 6.07) is 9.37. The number of amides is 2. The Hall–Kier alpha value is -2.23. The predicted octanol–water partition coefficient (Wildman–Crippen LogP) is 4.93. The molecule has 0 spiro atoms. The first-order valence-electron chi connectivity index (χ1n) is 12.5. The van der Waals surface area contributed by atoms with Crippen molar-refractivity contribution in [3.8, 4) is 0 Å². The lowest BCUT2D eigenvalue weighted by atomic mass is 9.97. The number of hydrogen-bond donors (Lipinski definition) is 1. The van der Waals surface area contributed by atoms with Gasteiger partial charge in [0.05, 0.1) is 5.56 Å². The van der Waals surface area contributed by atoms with Crippen molar-refractivity contribution in [2.45, 2.75) is 62.5 Å². The van der Waals surface area contributed by atoms with Crippen LogP contribution in [0.5, 0.6) is 0 Å². The van der Waals surface area contributed by atoms with E-state index in [1.807, 2.05) is 29.2 Å². The van der Waals surface area contributed by atoms with E-state index in [-0.39, 0.29) is 21.9 Å². The van der Waals surface area contributed by atoms with Crippen molar-refractivity contribution >= 4 is 38.9 Å². The van der Waals surface area contributed by atoms with Crippen molar-refractivity contribution in [2.75, 3.05) is 31.5 Å². The third-order valence-corrected chi connectivity index (χ3v) is 10.3. The first-order chi connectivity index (χ1) is 16.8. The van der Waals surface area contributed by atoms with Crippen LogP contribution in [0, 0.1) is 5.92 Å². The van der Waals surface area contributed by atoms with Gasteiger partial charge in [-0.1, -0.05) is 38.8 Å². The number of nitrogens with zero attached hydrogens (tertiary/aromatic N) is 2. The number of carbonyl (C=O) groups is 2. The standard InChI is InChI=1S/C26H35N3O4S2/c1-19(2)20-7-9-23(10-8-20)27-25(30)21-11-15-29(16-12-21)35(32,33)24-17-22(18-34-24)26(31)28-13-5-3-4-6-14-28/h7-10,17-19,21H,3-6,11-16H2,1-2H3,(H,27,30). The Morgan fingerprint density at radius 2 is 1.60 bits per heavy atom. The van der Waals surface area contributed by atoms with Gasteiger partial charge in [0.25, 0.3) is 15.9 Å². The van der Waals surface area contributed by atoms with Gasteiger partial charge < -0.3 is 10.2 Å². The Bertz CT molecular complexity index is 1130. The average Bonchev–Trinajstić information content (AvgIpc) is 3.21. The summed E-state index contributed by atoms with van der Waals surface area (Å²) < 4.78 is 28.1. The summed E-state index contributed by atoms with van der Waals surface area (Å²) in [6.07, 6.45) is 5.19. The van der Waals surface area contributed by atoms with Gasteiger partial charge in [0.15, 0.2) is 0 Å². The molecule has 0 bridgehead atoms. The zero-order valence-corrected chi connectivity index (χ0v) is 22.2. The van der Waals surface area contributed by atoms with E-state index in [0.717, 1.165) is 55.8 Å². The van der Waals surface area contributed by atoms with Crippen LogP contribution in [0.1, 0.15) is 74.2 Å². The molecule has 1 aromatic carbocycles. The van der Waals surface area contributed by atoms with Crippen LogP contribution in [0.3, 0.4) is 0 Å². The fourth-order valence-corrected chi connectivity index (χ4v) is 7.48.